The first-order chi connectivity index (χ1) is 27.9. The maximum Gasteiger partial charge on any atom is 0.416 e. The van der Waals surface area contributed by atoms with E-state index in [-0.39, 0.29) is 27.2 Å². The molecule has 0 saturated heterocycles. The summed E-state index contributed by atoms with van der Waals surface area (Å²) in [6.45, 7) is 26.3. The zero-order chi connectivity index (χ0) is 43.5. The van der Waals surface area contributed by atoms with Crippen LogP contribution in [0.25, 0.3) is 66.1 Å². The van der Waals surface area contributed by atoms with E-state index in [9.17, 15) is 18.4 Å². The van der Waals surface area contributed by atoms with Crippen LogP contribution in [0.5, 0.6) is 0 Å². The highest BCUT2D eigenvalue weighted by molar-refractivity contribution is 6.12. The van der Waals surface area contributed by atoms with Gasteiger partial charge in [0.05, 0.1) is 50.6 Å². The van der Waals surface area contributed by atoms with Crippen LogP contribution in [0.4, 0.5) is 13.2 Å². The second-order valence-corrected chi connectivity index (χ2v) is 20.6. The number of hydrogen-bond donors (Lipinski definition) is 0. The minimum Gasteiger partial charge on any atom is -0.309 e. The Balaban J connectivity index is 1.53. The molecule has 0 amide bonds. The predicted octanol–water partition coefficient (Wildman–Crippen LogP) is 15.6. The van der Waals surface area contributed by atoms with Gasteiger partial charge in [0.25, 0.3) is 0 Å². The Morgan fingerprint density at radius 2 is 0.767 bits per heavy atom. The number of rotatable bonds is 3. The van der Waals surface area contributed by atoms with Crippen LogP contribution in [0.3, 0.4) is 0 Å². The molecule has 6 heteroatoms. The maximum atomic E-state index is 14.9. The second-order valence-electron chi connectivity index (χ2n) is 20.6. The van der Waals surface area contributed by atoms with Gasteiger partial charge in [0, 0.05) is 32.7 Å². The Morgan fingerprint density at radius 3 is 1.10 bits per heavy atom. The quantitative estimate of drug-likeness (QED) is 0.175. The molecule has 0 aliphatic carbocycles. The zero-order valence-electron chi connectivity index (χ0n) is 36.9. The van der Waals surface area contributed by atoms with Gasteiger partial charge in [0.15, 0.2) is 0 Å². The molecule has 0 fully saturated rings. The molecule has 0 radical (unpaired) electrons. The van der Waals surface area contributed by atoms with Crippen LogP contribution in [-0.2, 0) is 27.8 Å². The van der Waals surface area contributed by atoms with Gasteiger partial charge in [-0.1, -0.05) is 113 Å². The van der Waals surface area contributed by atoms with Gasteiger partial charge in [-0.3, -0.25) is 0 Å². The first-order valence-electron chi connectivity index (χ1n) is 20.8. The molecule has 2 heterocycles. The van der Waals surface area contributed by atoms with Crippen molar-refractivity contribution in [2.45, 2.75) is 111 Å². The van der Waals surface area contributed by atoms with Crippen LogP contribution in [0, 0.1) is 11.3 Å². The van der Waals surface area contributed by atoms with Crippen LogP contribution in [0.1, 0.15) is 116 Å². The fraction of sp³-hybridized carbons (Fsp3) is 0.315. The lowest BCUT2D eigenvalue weighted by Crippen LogP contribution is -2.11. The van der Waals surface area contributed by atoms with Gasteiger partial charge in [-0.15, -0.1) is 0 Å². The summed E-state index contributed by atoms with van der Waals surface area (Å²) in [4.78, 5) is 0. The minimum atomic E-state index is -4.63. The molecule has 306 valence electrons. The number of benzene rings is 6. The van der Waals surface area contributed by atoms with Crippen LogP contribution >= 0.6 is 0 Å². The standard InChI is InChI=1S/C54H54F3N3/c1-50(2,3)33-16-21-43-38(26-33)39-27-34(51(4,5)6)17-22-44(39)59(43)47-25-20-37(54(55,56)57)30-42(47)49-32(31-58)14-13-15-48(49)60-45-23-18-35(52(7,8)9)28-40(45)41-29-36(53(10,11)12)19-24-46(41)60/h13-30H,1-12H3. The van der Waals surface area contributed by atoms with Crippen molar-refractivity contribution >= 4 is 43.6 Å². The third kappa shape index (κ3) is 6.86. The maximum absolute atomic E-state index is 14.9. The third-order valence-electron chi connectivity index (χ3n) is 12.2. The van der Waals surface area contributed by atoms with Gasteiger partial charge in [0.1, 0.15) is 0 Å². The van der Waals surface area contributed by atoms with E-state index in [1.807, 2.05) is 12.1 Å². The number of hydrogen-bond acceptors (Lipinski definition) is 1. The summed E-state index contributed by atoms with van der Waals surface area (Å²) in [5.41, 5.74) is 9.22. The first-order valence-corrected chi connectivity index (χ1v) is 20.8. The van der Waals surface area contributed by atoms with E-state index in [0.717, 1.165) is 54.7 Å². The van der Waals surface area contributed by atoms with E-state index < -0.39 is 11.7 Å². The van der Waals surface area contributed by atoms with E-state index >= 15 is 0 Å². The van der Waals surface area contributed by atoms with E-state index in [0.29, 0.717) is 22.5 Å². The Bertz CT molecular complexity index is 2920. The predicted molar refractivity (Wildman–Crippen MR) is 245 cm³/mol. The van der Waals surface area contributed by atoms with Crippen molar-refractivity contribution in [3.8, 4) is 28.6 Å². The van der Waals surface area contributed by atoms with Gasteiger partial charge in [-0.25, -0.2) is 0 Å². The molecule has 8 aromatic rings. The second kappa shape index (κ2) is 13.6. The molecule has 60 heavy (non-hydrogen) atoms. The number of nitrogens with zero attached hydrogens (tertiary/aromatic N) is 3. The van der Waals surface area contributed by atoms with Crippen molar-refractivity contribution in [1.82, 2.24) is 9.13 Å². The van der Waals surface area contributed by atoms with Crippen LogP contribution < -0.4 is 0 Å². The molecule has 3 nitrogen and oxygen atoms in total. The highest BCUT2D eigenvalue weighted by atomic mass is 19.4. The lowest BCUT2D eigenvalue weighted by molar-refractivity contribution is -0.137. The van der Waals surface area contributed by atoms with Gasteiger partial charge in [-0.2, -0.15) is 18.4 Å². The smallest absolute Gasteiger partial charge is 0.309 e. The van der Waals surface area contributed by atoms with E-state index in [1.54, 1.807) is 12.1 Å². The lowest BCUT2D eigenvalue weighted by Gasteiger charge is -2.22. The van der Waals surface area contributed by atoms with Gasteiger partial charge >= 0.3 is 6.18 Å². The highest BCUT2D eigenvalue weighted by Gasteiger charge is 2.33. The summed E-state index contributed by atoms with van der Waals surface area (Å²) in [5, 5.41) is 15.0. The van der Waals surface area contributed by atoms with Crippen molar-refractivity contribution in [2.75, 3.05) is 0 Å². The van der Waals surface area contributed by atoms with Crippen molar-refractivity contribution in [3.63, 3.8) is 0 Å². The van der Waals surface area contributed by atoms with Crippen molar-refractivity contribution in [3.05, 3.63) is 143 Å². The SMILES string of the molecule is CC(C)(C)c1ccc2c(c1)c1cc(C(C)(C)C)ccc1n2-c1ccc(C(F)(F)F)cc1-c1c(C#N)cccc1-n1c2ccc(C(C)(C)C)cc2c2cc(C(C)(C)C)ccc21. The van der Waals surface area contributed by atoms with E-state index in [1.165, 1.54) is 23.3 Å². The number of fused-ring (bicyclic) bond motifs is 6. The normalized spacial score (nSPS) is 13.2. The number of halogens is 3. The van der Waals surface area contributed by atoms with E-state index in [2.05, 4.69) is 171 Å². The molecule has 0 saturated carbocycles. The number of nitriles is 1. The largest absolute Gasteiger partial charge is 0.416 e. The average Bonchev–Trinajstić information content (AvgIpc) is 3.67. The minimum absolute atomic E-state index is 0.118. The molecule has 0 unspecified atom stereocenters. The third-order valence-corrected chi connectivity index (χ3v) is 12.2. The summed E-state index contributed by atoms with van der Waals surface area (Å²) in [6, 6.07) is 37.8. The van der Waals surface area contributed by atoms with Crippen LogP contribution in [-0.4, -0.2) is 9.13 Å². The molecule has 0 spiro atoms. The lowest BCUT2D eigenvalue weighted by atomic mass is 9.85. The Morgan fingerprint density at radius 1 is 0.417 bits per heavy atom. The highest BCUT2D eigenvalue weighted by Crippen LogP contribution is 2.46. The van der Waals surface area contributed by atoms with Crippen molar-refractivity contribution in [2.24, 2.45) is 0 Å². The fourth-order valence-corrected chi connectivity index (χ4v) is 8.64. The molecule has 0 aliphatic heterocycles. The molecular weight excluding hydrogens is 748 g/mol. The first kappa shape index (κ1) is 41.0. The monoisotopic (exact) mass is 801 g/mol. The van der Waals surface area contributed by atoms with E-state index in [4.69, 9.17) is 0 Å². The molecule has 0 bridgehead atoms. The Hall–Kier alpha value is -5.80. The molecule has 0 N–H and O–H groups in total. The average molecular weight is 802 g/mol. The molecule has 6 aromatic carbocycles. The zero-order valence-corrected chi connectivity index (χ0v) is 36.9. The summed E-state index contributed by atoms with van der Waals surface area (Å²) >= 11 is 0. The van der Waals surface area contributed by atoms with Gasteiger partial charge in [0.2, 0.25) is 0 Å². The molecule has 0 aliphatic rings. The summed E-state index contributed by atoms with van der Waals surface area (Å²) < 4.78 is 49.1. The fourth-order valence-electron chi connectivity index (χ4n) is 8.64. The Kier molecular flexibility index (Phi) is 9.29. The number of aromatic nitrogens is 2. The Labute approximate surface area is 352 Å². The molecule has 8 rings (SSSR count). The molecule has 2 aromatic heterocycles. The van der Waals surface area contributed by atoms with Crippen molar-refractivity contribution in [1.29, 1.82) is 5.26 Å². The van der Waals surface area contributed by atoms with Gasteiger partial charge < -0.3 is 9.13 Å². The summed E-state index contributed by atoms with van der Waals surface area (Å²) in [7, 11) is 0. The van der Waals surface area contributed by atoms with Crippen LogP contribution in [0.2, 0.25) is 0 Å². The summed E-state index contributed by atoms with van der Waals surface area (Å²) in [5.74, 6) is 0. The number of alkyl halides is 3. The van der Waals surface area contributed by atoms with Crippen LogP contribution in [0.15, 0.2) is 109 Å². The molecular formula is C54H54F3N3. The summed E-state index contributed by atoms with van der Waals surface area (Å²) in [6.07, 6.45) is -4.63. The topological polar surface area (TPSA) is 33.6 Å². The van der Waals surface area contributed by atoms with Crippen molar-refractivity contribution < 1.29 is 13.2 Å². The molecule has 0 atom stereocenters. The van der Waals surface area contributed by atoms with Gasteiger partial charge in [-0.05, 0) is 123 Å².